The minimum absolute atomic E-state index is 0.517. The van der Waals surface area contributed by atoms with Crippen molar-refractivity contribution in [1.82, 2.24) is 4.90 Å². The second-order valence-electron chi connectivity index (χ2n) is 6.31. The molecule has 21 heavy (non-hydrogen) atoms. The molecule has 3 heteroatoms. The zero-order valence-electron chi connectivity index (χ0n) is 12.6. The van der Waals surface area contributed by atoms with Gasteiger partial charge in [-0.05, 0) is 36.0 Å². The van der Waals surface area contributed by atoms with E-state index < -0.39 is 0 Å². The van der Waals surface area contributed by atoms with Gasteiger partial charge in [-0.15, -0.1) is 0 Å². The lowest BCUT2D eigenvalue weighted by molar-refractivity contribution is 0.0358. The first kappa shape index (κ1) is 15.3. The Hall–Kier alpha value is -0.570. The van der Waals surface area contributed by atoms with Crippen molar-refractivity contribution in [3.63, 3.8) is 0 Å². The standard InChI is InChI=1S/C18H25ClNO/c19-18-7-5-16(6-8-18)17(13-15-3-1-2-4-15)14-20-9-11-21-12-10-20/h5-8,13,15,17H,1-4,9-12,14H2. The molecular weight excluding hydrogens is 282 g/mol. The van der Waals surface area contributed by atoms with Crippen molar-refractivity contribution in [3.8, 4) is 0 Å². The van der Waals surface area contributed by atoms with E-state index in [2.05, 4.69) is 23.5 Å². The van der Waals surface area contributed by atoms with Crippen LogP contribution in [0.4, 0.5) is 0 Å². The molecule has 1 radical (unpaired) electrons. The fourth-order valence-electron chi connectivity index (χ4n) is 3.53. The molecule has 1 saturated heterocycles. The fourth-order valence-corrected chi connectivity index (χ4v) is 3.65. The quantitative estimate of drug-likeness (QED) is 0.810. The van der Waals surface area contributed by atoms with E-state index in [-0.39, 0.29) is 0 Å². The third kappa shape index (κ3) is 4.45. The van der Waals surface area contributed by atoms with Gasteiger partial charge in [0.05, 0.1) is 13.2 Å². The highest BCUT2D eigenvalue weighted by Gasteiger charge is 2.24. The molecule has 2 aliphatic rings. The third-order valence-electron chi connectivity index (χ3n) is 4.76. The second-order valence-corrected chi connectivity index (χ2v) is 6.74. The normalized spacial score (nSPS) is 22.5. The van der Waals surface area contributed by atoms with Crippen LogP contribution >= 0.6 is 11.6 Å². The van der Waals surface area contributed by atoms with Gasteiger partial charge in [0.25, 0.3) is 0 Å². The van der Waals surface area contributed by atoms with E-state index in [1.807, 2.05) is 12.1 Å². The van der Waals surface area contributed by atoms with Crippen LogP contribution in [0.5, 0.6) is 0 Å². The Labute approximate surface area is 133 Å². The molecule has 2 fully saturated rings. The van der Waals surface area contributed by atoms with Gasteiger partial charge in [0.1, 0.15) is 0 Å². The Bertz CT molecular complexity index is 421. The Morgan fingerprint density at radius 2 is 1.81 bits per heavy atom. The lowest BCUT2D eigenvalue weighted by Gasteiger charge is -2.31. The van der Waals surface area contributed by atoms with Crippen LogP contribution in [0.1, 0.15) is 37.2 Å². The SMILES string of the molecule is Clc1ccc(C([CH]C2CCCC2)CN2CCOCC2)cc1. The molecule has 1 heterocycles. The molecule has 1 aromatic carbocycles. The summed E-state index contributed by atoms with van der Waals surface area (Å²) in [5, 5.41) is 0.824. The number of morpholine rings is 1. The van der Waals surface area contributed by atoms with Crippen LogP contribution in [0.15, 0.2) is 24.3 Å². The number of nitrogens with zero attached hydrogens (tertiary/aromatic N) is 1. The first-order valence-corrected chi connectivity index (χ1v) is 8.59. The Kier molecular flexibility index (Phi) is 5.56. The van der Waals surface area contributed by atoms with Gasteiger partial charge in [0.2, 0.25) is 0 Å². The Morgan fingerprint density at radius 3 is 2.48 bits per heavy atom. The number of hydrogen-bond donors (Lipinski definition) is 0. The van der Waals surface area contributed by atoms with Crippen LogP contribution in [0.25, 0.3) is 0 Å². The van der Waals surface area contributed by atoms with Crippen LogP contribution in [0, 0.1) is 12.3 Å². The number of ether oxygens (including phenoxy) is 1. The zero-order chi connectivity index (χ0) is 14.5. The maximum Gasteiger partial charge on any atom is 0.0594 e. The van der Waals surface area contributed by atoms with Crippen LogP contribution in [0.2, 0.25) is 5.02 Å². The molecule has 2 nitrogen and oxygen atoms in total. The van der Waals surface area contributed by atoms with Crippen molar-refractivity contribution in [2.45, 2.75) is 31.6 Å². The van der Waals surface area contributed by atoms with E-state index in [0.717, 1.165) is 43.8 Å². The number of hydrogen-bond acceptors (Lipinski definition) is 2. The number of benzene rings is 1. The van der Waals surface area contributed by atoms with Crippen molar-refractivity contribution in [2.24, 2.45) is 5.92 Å². The topological polar surface area (TPSA) is 12.5 Å². The minimum Gasteiger partial charge on any atom is -0.379 e. The summed E-state index contributed by atoms with van der Waals surface area (Å²) in [5.41, 5.74) is 1.40. The van der Waals surface area contributed by atoms with Crippen LogP contribution < -0.4 is 0 Å². The first-order valence-electron chi connectivity index (χ1n) is 8.22. The average Bonchev–Trinajstić information content (AvgIpc) is 3.01. The van der Waals surface area contributed by atoms with Crippen LogP contribution in [-0.4, -0.2) is 37.7 Å². The molecule has 1 saturated carbocycles. The van der Waals surface area contributed by atoms with Gasteiger partial charge >= 0.3 is 0 Å². The summed E-state index contributed by atoms with van der Waals surface area (Å²) in [6.45, 7) is 4.97. The summed E-state index contributed by atoms with van der Waals surface area (Å²) >= 11 is 6.04. The number of halogens is 1. The van der Waals surface area contributed by atoms with Gasteiger partial charge in [-0.2, -0.15) is 0 Å². The molecule has 1 aliphatic heterocycles. The molecule has 0 N–H and O–H groups in total. The monoisotopic (exact) mass is 306 g/mol. The maximum absolute atomic E-state index is 6.04. The summed E-state index contributed by atoms with van der Waals surface area (Å²) in [6, 6.07) is 8.43. The van der Waals surface area contributed by atoms with Gasteiger partial charge in [-0.1, -0.05) is 49.4 Å². The van der Waals surface area contributed by atoms with E-state index in [4.69, 9.17) is 16.3 Å². The van der Waals surface area contributed by atoms with Crippen molar-refractivity contribution in [3.05, 3.63) is 41.3 Å². The summed E-state index contributed by atoms with van der Waals surface area (Å²) < 4.78 is 5.47. The smallest absolute Gasteiger partial charge is 0.0594 e. The summed E-state index contributed by atoms with van der Waals surface area (Å²) in [6.07, 6.45) is 8.13. The first-order chi connectivity index (χ1) is 10.3. The highest BCUT2D eigenvalue weighted by Crippen LogP contribution is 2.34. The average molecular weight is 307 g/mol. The van der Waals surface area contributed by atoms with Crippen molar-refractivity contribution < 1.29 is 4.74 Å². The number of rotatable bonds is 5. The van der Waals surface area contributed by atoms with Gasteiger partial charge in [-0.25, -0.2) is 0 Å². The molecule has 0 bridgehead atoms. The molecule has 3 rings (SSSR count). The molecular formula is C18H25ClNO. The largest absolute Gasteiger partial charge is 0.379 e. The molecule has 115 valence electrons. The van der Waals surface area contributed by atoms with E-state index in [9.17, 15) is 0 Å². The Morgan fingerprint density at radius 1 is 1.14 bits per heavy atom. The maximum atomic E-state index is 6.04. The highest BCUT2D eigenvalue weighted by molar-refractivity contribution is 6.30. The van der Waals surface area contributed by atoms with E-state index in [0.29, 0.717) is 5.92 Å². The van der Waals surface area contributed by atoms with Gasteiger partial charge in [-0.3, -0.25) is 4.90 Å². The van der Waals surface area contributed by atoms with E-state index in [1.165, 1.54) is 31.2 Å². The highest BCUT2D eigenvalue weighted by atomic mass is 35.5. The summed E-state index contributed by atoms with van der Waals surface area (Å²) in [4.78, 5) is 2.54. The minimum atomic E-state index is 0.517. The summed E-state index contributed by atoms with van der Waals surface area (Å²) in [7, 11) is 0. The lowest BCUT2D eigenvalue weighted by Crippen LogP contribution is -2.39. The molecule has 0 aromatic heterocycles. The summed E-state index contributed by atoms with van der Waals surface area (Å²) in [5.74, 6) is 1.31. The van der Waals surface area contributed by atoms with E-state index in [1.54, 1.807) is 0 Å². The van der Waals surface area contributed by atoms with Crippen molar-refractivity contribution in [1.29, 1.82) is 0 Å². The lowest BCUT2D eigenvalue weighted by atomic mass is 9.87. The van der Waals surface area contributed by atoms with E-state index >= 15 is 0 Å². The predicted octanol–water partition coefficient (Wildman–Crippen LogP) is 4.15. The van der Waals surface area contributed by atoms with Gasteiger partial charge in [0, 0.05) is 24.7 Å². The fraction of sp³-hybridized carbons (Fsp3) is 0.611. The molecule has 0 amide bonds. The predicted molar refractivity (Wildman–Crippen MR) is 87.7 cm³/mol. The molecule has 1 atom stereocenters. The second kappa shape index (κ2) is 7.62. The third-order valence-corrected chi connectivity index (χ3v) is 5.01. The van der Waals surface area contributed by atoms with Gasteiger partial charge < -0.3 is 4.74 Å². The van der Waals surface area contributed by atoms with Gasteiger partial charge in [0.15, 0.2) is 0 Å². The Balaban J connectivity index is 1.67. The van der Waals surface area contributed by atoms with Crippen LogP contribution in [0.3, 0.4) is 0 Å². The zero-order valence-corrected chi connectivity index (χ0v) is 13.4. The van der Waals surface area contributed by atoms with Crippen molar-refractivity contribution >= 4 is 11.6 Å². The van der Waals surface area contributed by atoms with Crippen LogP contribution in [-0.2, 0) is 4.74 Å². The molecule has 1 aromatic rings. The molecule has 1 unspecified atom stereocenters. The van der Waals surface area contributed by atoms with Crippen molar-refractivity contribution in [2.75, 3.05) is 32.8 Å². The molecule has 0 spiro atoms. The molecule has 1 aliphatic carbocycles.